The molecule has 0 aliphatic heterocycles. The average molecular weight is 259 g/mol. The second-order valence-electron chi connectivity index (χ2n) is 5.02. The zero-order valence-electron chi connectivity index (χ0n) is 10.6. The van der Waals surface area contributed by atoms with Crippen LogP contribution in [-0.2, 0) is 23.8 Å². The van der Waals surface area contributed by atoms with Crippen LogP contribution in [0.5, 0.6) is 0 Å². The fraction of sp³-hybridized carbons (Fsp3) is 0.727. The number of carbonyl (C=O) groups excluding carboxylic acids is 3. The van der Waals surface area contributed by atoms with Crippen LogP contribution in [-0.4, -0.2) is 36.5 Å². The number of hydrogen-bond acceptors (Lipinski definition) is 6. The first-order chi connectivity index (χ1) is 8.29. The predicted molar refractivity (Wildman–Crippen MR) is 59.4 cm³/mol. The summed E-state index contributed by atoms with van der Waals surface area (Å²) in [5.74, 6) is -0.629. The molecule has 1 aliphatic rings. The molecule has 1 rings (SSSR count). The molecule has 7 nitrogen and oxygen atoms in total. The van der Waals surface area contributed by atoms with Crippen molar-refractivity contribution in [3.05, 3.63) is 0 Å². The van der Waals surface area contributed by atoms with Crippen LogP contribution < -0.4 is 5.32 Å². The van der Waals surface area contributed by atoms with Gasteiger partial charge in [-0.3, -0.25) is 4.79 Å². The molecule has 0 heterocycles. The van der Waals surface area contributed by atoms with Crippen LogP contribution in [0.2, 0.25) is 0 Å². The fourth-order valence-electron chi connectivity index (χ4n) is 1.26. The molecule has 0 bridgehead atoms. The van der Waals surface area contributed by atoms with Gasteiger partial charge in [-0.25, -0.2) is 9.59 Å². The van der Waals surface area contributed by atoms with E-state index in [2.05, 4.69) is 14.8 Å². The summed E-state index contributed by atoms with van der Waals surface area (Å²) in [6, 6.07) is 0. The lowest BCUT2D eigenvalue weighted by Crippen LogP contribution is -2.46. The highest BCUT2D eigenvalue weighted by Gasteiger charge is 2.53. The molecule has 0 aromatic rings. The van der Waals surface area contributed by atoms with Gasteiger partial charge in [0.15, 0.2) is 0 Å². The van der Waals surface area contributed by atoms with E-state index in [1.165, 1.54) is 0 Å². The maximum absolute atomic E-state index is 11.6. The van der Waals surface area contributed by atoms with Crippen molar-refractivity contribution >= 4 is 18.5 Å². The van der Waals surface area contributed by atoms with Gasteiger partial charge in [0.2, 0.25) is 6.79 Å². The Bertz CT molecular complexity index is 342. The molecule has 1 N–H and O–H groups in total. The Hall–Kier alpha value is -1.79. The second kappa shape index (κ2) is 5.24. The Balaban J connectivity index is 2.42. The van der Waals surface area contributed by atoms with Crippen LogP contribution in [0, 0.1) is 0 Å². The molecule has 0 spiro atoms. The summed E-state index contributed by atoms with van der Waals surface area (Å²) >= 11 is 0. The van der Waals surface area contributed by atoms with Gasteiger partial charge < -0.3 is 19.5 Å². The molecule has 0 saturated heterocycles. The Morgan fingerprint density at radius 1 is 1.33 bits per heavy atom. The number of nitrogens with one attached hydrogen (secondary N) is 1. The van der Waals surface area contributed by atoms with Gasteiger partial charge in [-0.05, 0) is 33.6 Å². The molecule has 1 amide bonds. The Morgan fingerprint density at radius 2 is 1.94 bits per heavy atom. The van der Waals surface area contributed by atoms with Crippen LogP contribution >= 0.6 is 0 Å². The third-order valence-corrected chi connectivity index (χ3v) is 2.21. The molecule has 1 saturated carbocycles. The third-order valence-electron chi connectivity index (χ3n) is 2.21. The molecule has 0 atom stereocenters. The van der Waals surface area contributed by atoms with Crippen LogP contribution in [0.15, 0.2) is 0 Å². The zero-order chi connectivity index (χ0) is 13.8. The van der Waals surface area contributed by atoms with E-state index in [0.717, 1.165) is 0 Å². The molecule has 1 aliphatic carbocycles. The first kappa shape index (κ1) is 14.3. The van der Waals surface area contributed by atoms with Crippen LogP contribution in [0.4, 0.5) is 4.79 Å². The summed E-state index contributed by atoms with van der Waals surface area (Å²) in [6.07, 6.45) is 0.284. The largest absolute Gasteiger partial charge is 0.444 e. The first-order valence-electron chi connectivity index (χ1n) is 5.53. The molecular formula is C11H17NO6. The lowest BCUT2D eigenvalue weighted by molar-refractivity contribution is -0.163. The summed E-state index contributed by atoms with van der Waals surface area (Å²) in [4.78, 5) is 33.0. The Kier molecular flexibility index (Phi) is 4.15. The highest BCUT2D eigenvalue weighted by atomic mass is 16.7. The van der Waals surface area contributed by atoms with Gasteiger partial charge in [0.1, 0.15) is 11.1 Å². The molecular weight excluding hydrogens is 242 g/mol. The molecule has 102 valence electrons. The van der Waals surface area contributed by atoms with Crippen molar-refractivity contribution in [2.24, 2.45) is 0 Å². The molecule has 0 aromatic heterocycles. The van der Waals surface area contributed by atoms with Crippen molar-refractivity contribution in [1.29, 1.82) is 0 Å². The molecule has 0 aromatic carbocycles. The predicted octanol–water partition coefficient (Wildman–Crippen LogP) is 0.717. The maximum Gasteiger partial charge on any atom is 0.408 e. The van der Waals surface area contributed by atoms with E-state index in [0.29, 0.717) is 12.8 Å². The minimum absolute atomic E-state index is 0.175. The van der Waals surface area contributed by atoms with E-state index in [1.54, 1.807) is 20.8 Å². The number of hydrogen-bond donors (Lipinski definition) is 1. The number of ether oxygens (including phenoxy) is 3. The highest BCUT2D eigenvalue weighted by Crippen LogP contribution is 2.36. The fourth-order valence-corrected chi connectivity index (χ4v) is 1.26. The van der Waals surface area contributed by atoms with E-state index in [4.69, 9.17) is 4.74 Å². The minimum atomic E-state index is -1.03. The standard InChI is InChI=1S/C11H17NO6/c1-10(2,3)18-9(15)12-11(4-5-11)8(14)17-7-16-6-13/h6H,4-5,7H2,1-3H3,(H,12,15). The normalized spacial score (nSPS) is 16.4. The summed E-state index contributed by atoms with van der Waals surface area (Å²) in [6.45, 7) is 4.89. The van der Waals surface area contributed by atoms with Crippen LogP contribution in [0.25, 0.3) is 0 Å². The topological polar surface area (TPSA) is 90.9 Å². The monoisotopic (exact) mass is 259 g/mol. The summed E-state index contributed by atoms with van der Waals surface area (Å²) in [5, 5.41) is 2.47. The lowest BCUT2D eigenvalue weighted by Gasteiger charge is -2.22. The number of rotatable bonds is 5. The van der Waals surface area contributed by atoms with Gasteiger partial charge in [-0.2, -0.15) is 0 Å². The minimum Gasteiger partial charge on any atom is -0.444 e. The van der Waals surface area contributed by atoms with Gasteiger partial charge in [-0.1, -0.05) is 0 Å². The zero-order valence-corrected chi connectivity index (χ0v) is 10.6. The SMILES string of the molecule is CC(C)(C)OC(=O)NC1(C(=O)OCOC=O)CC1. The van der Waals surface area contributed by atoms with Crippen LogP contribution in [0.1, 0.15) is 33.6 Å². The number of amides is 1. The van der Waals surface area contributed by atoms with Gasteiger partial charge >= 0.3 is 12.1 Å². The summed E-state index contributed by atoms with van der Waals surface area (Å²) < 4.78 is 14.0. The van der Waals surface area contributed by atoms with E-state index in [1.807, 2.05) is 0 Å². The first-order valence-corrected chi connectivity index (χ1v) is 5.53. The number of carbonyl (C=O) groups is 3. The van der Waals surface area contributed by atoms with Gasteiger partial charge in [-0.15, -0.1) is 0 Å². The molecule has 1 fully saturated rings. The van der Waals surface area contributed by atoms with Crippen molar-refractivity contribution in [2.75, 3.05) is 6.79 Å². The highest BCUT2D eigenvalue weighted by molar-refractivity contribution is 5.88. The average Bonchev–Trinajstić information content (AvgIpc) is 2.96. The number of esters is 1. The maximum atomic E-state index is 11.6. The molecule has 18 heavy (non-hydrogen) atoms. The summed E-state index contributed by atoms with van der Waals surface area (Å²) in [5.41, 5.74) is -1.67. The summed E-state index contributed by atoms with van der Waals surface area (Å²) in [7, 11) is 0. The molecule has 0 radical (unpaired) electrons. The quantitative estimate of drug-likeness (QED) is 0.338. The van der Waals surface area contributed by atoms with Crippen molar-refractivity contribution in [3.8, 4) is 0 Å². The second-order valence-corrected chi connectivity index (χ2v) is 5.02. The van der Waals surface area contributed by atoms with Gasteiger partial charge in [0.25, 0.3) is 6.47 Å². The van der Waals surface area contributed by atoms with Gasteiger partial charge in [0.05, 0.1) is 0 Å². The van der Waals surface area contributed by atoms with E-state index in [-0.39, 0.29) is 6.47 Å². The van der Waals surface area contributed by atoms with Gasteiger partial charge in [0, 0.05) is 0 Å². The molecule has 0 unspecified atom stereocenters. The Morgan fingerprint density at radius 3 is 2.39 bits per heavy atom. The van der Waals surface area contributed by atoms with Crippen molar-refractivity contribution in [1.82, 2.24) is 5.32 Å². The van der Waals surface area contributed by atoms with E-state index >= 15 is 0 Å². The Labute approximate surface area is 105 Å². The van der Waals surface area contributed by atoms with Crippen molar-refractivity contribution < 1.29 is 28.6 Å². The van der Waals surface area contributed by atoms with Crippen molar-refractivity contribution in [2.45, 2.75) is 44.8 Å². The smallest absolute Gasteiger partial charge is 0.408 e. The third kappa shape index (κ3) is 4.23. The molecule has 7 heteroatoms. The van der Waals surface area contributed by atoms with E-state index < -0.39 is 30.0 Å². The van der Waals surface area contributed by atoms with E-state index in [9.17, 15) is 14.4 Å². The van der Waals surface area contributed by atoms with Crippen LogP contribution in [0.3, 0.4) is 0 Å². The van der Waals surface area contributed by atoms with Crippen molar-refractivity contribution in [3.63, 3.8) is 0 Å². The lowest BCUT2D eigenvalue weighted by atomic mass is 10.2. The number of alkyl carbamates (subject to hydrolysis) is 1.